The van der Waals surface area contributed by atoms with Crippen molar-refractivity contribution >= 4 is 34.8 Å². The SMILES string of the molecule is O=C(NCCNc1cnn(-c2ccc(Cl)cc2)c(=O)c1Cl)C1CC1. The van der Waals surface area contributed by atoms with E-state index in [1.165, 1.54) is 10.9 Å². The molecule has 0 saturated heterocycles. The molecule has 1 aliphatic rings. The zero-order valence-corrected chi connectivity index (χ0v) is 14.3. The van der Waals surface area contributed by atoms with Crippen LogP contribution in [0.25, 0.3) is 5.69 Å². The summed E-state index contributed by atoms with van der Waals surface area (Å²) in [4.78, 5) is 23.9. The zero-order chi connectivity index (χ0) is 17.1. The van der Waals surface area contributed by atoms with Gasteiger partial charge >= 0.3 is 0 Å². The number of hydrogen-bond acceptors (Lipinski definition) is 4. The molecule has 2 aromatic rings. The van der Waals surface area contributed by atoms with Gasteiger partial charge in [-0.2, -0.15) is 9.78 Å². The fourth-order valence-corrected chi connectivity index (χ4v) is 2.52. The van der Waals surface area contributed by atoms with Gasteiger partial charge < -0.3 is 10.6 Å². The van der Waals surface area contributed by atoms with E-state index < -0.39 is 5.56 Å². The van der Waals surface area contributed by atoms with Crippen molar-refractivity contribution in [2.45, 2.75) is 12.8 Å². The molecule has 1 aromatic heterocycles. The molecule has 8 heteroatoms. The minimum Gasteiger partial charge on any atom is -0.381 e. The van der Waals surface area contributed by atoms with Gasteiger partial charge in [0.15, 0.2) is 0 Å². The Kier molecular flexibility index (Phi) is 5.06. The van der Waals surface area contributed by atoms with Crippen LogP contribution in [0.4, 0.5) is 5.69 Å². The largest absolute Gasteiger partial charge is 0.381 e. The predicted molar refractivity (Wildman–Crippen MR) is 94.1 cm³/mol. The van der Waals surface area contributed by atoms with Crippen LogP contribution < -0.4 is 16.2 Å². The first-order chi connectivity index (χ1) is 11.6. The van der Waals surface area contributed by atoms with Crippen LogP contribution in [0.5, 0.6) is 0 Å². The van der Waals surface area contributed by atoms with Gasteiger partial charge in [-0.1, -0.05) is 23.2 Å². The van der Waals surface area contributed by atoms with Crippen LogP contribution in [-0.4, -0.2) is 28.8 Å². The van der Waals surface area contributed by atoms with Crippen LogP contribution in [0.2, 0.25) is 10.0 Å². The molecule has 1 amide bonds. The molecule has 1 aromatic carbocycles. The predicted octanol–water partition coefficient (Wildman–Crippen LogP) is 2.48. The van der Waals surface area contributed by atoms with Gasteiger partial charge in [0.2, 0.25) is 5.91 Å². The van der Waals surface area contributed by atoms with E-state index in [0.29, 0.717) is 29.5 Å². The first kappa shape index (κ1) is 16.8. The van der Waals surface area contributed by atoms with Crippen LogP contribution in [0.15, 0.2) is 35.3 Å². The number of hydrogen-bond donors (Lipinski definition) is 2. The Morgan fingerprint density at radius 3 is 2.58 bits per heavy atom. The Bertz CT molecular complexity index is 801. The van der Waals surface area contributed by atoms with Crippen LogP contribution >= 0.6 is 23.2 Å². The molecule has 1 heterocycles. The van der Waals surface area contributed by atoms with Gasteiger partial charge in [-0.05, 0) is 37.1 Å². The van der Waals surface area contributed by atoms with Crippen molar-refractivity contribution in [1.82, 2.24) is 15.1 Å². The van der Waals surface area contributed by atoms with Gasteiger partial charge in [0.1, 0.15) is 5.02 Å². The standard InChI is InChI=1S/C16H16Cl2N4O2/c17-11-3-5-12(6-4-11)22-16(24)14(18)13(9-21-22)19-7-8-20-15(23)10-1-2-10/h3-6,9-10,19H,1-2,7-8H2,(H,20,23). The number of rotatable bonds is 6. The number of amides is 1. The first-order valence-electron chi connectivity index (χ1n) is 7.61. The topological polar surface area (TPSA) is 76.0 Å². The van der Waals surface area contributed by atoms with Crippen molar-refractivity contribution in [2.75, 3.05) is 18.4 Å². The highest BCUT2D eigenvalue weighted by molar-refractivity contribution is 6.33. The Hall–Kier alpha value is -2.05. The fraction of sp³-hybridized carbons (Fsp3) is 0.312. The molecule has 3 rings (SSSR count). The number of halogens is 2. The molecule has 24 heavy (non-hydrogen) atoms. The van der Waals surface area contributed by atoms with E-state index in [1.54, 1.807) is 24.3 Å². The molecule has 1 saturated carbocycles. The Labute approximate surface area is 148 Å². The van der Waals surface area contributed by atoms with E-state index in [2.05, 4.69) is 15.7 Å². The fourth-order valence-electron chi connectivity index (χ4n) is 2.19. The number of carbonyl (C=O) groups is 1. The third-order valence-electron chi connectivity index (χ3n) is 3.68. The molecule has 0 spiro atoms. The lowest BCUT2D eigenvalue weighted by Crippen LogP contribution is -2.30. The molecule has 2 N–H and O–H groups in total. The van der Waals surface area contributed by atoms with Crippen molar-refractivity contribution in [2.24, 2.45) is 5.92 Å². The highest BCUT2D eigenvalue weighted by atomic mass is 35.5. The molecular formula is C16H16Cl2N4O2. The summed E-state index contributed by atoms with van der Waals surface area (Å²) in [6, 6.07) is 6.72. The molecule has 0 radical (unpaired) electrons. The van der Waals surface area contributed by atoms with Crippen LogP contribution in [0.3, 0.4) is 0 Å². The highest BCUT2D eigenvalue weighted by Gasteiger charge is 2.28. The van der Waals surface area contributed by atoms with E-state index in [0.717, 1.165) is 12.8 Å². The number of nitrogens with one attached hydrogen (secondary N) is 2. The summed E-state index contributed by atoms with van der Waals surface area (Å²) in [5.41, 5.74) is 0.591. The van der Waals surface area contributed by atoms with Crippen molar-refractivity contribution in [3.63, 3.8) is 0 Å². The van der Waals surface area contributed by atoms with Crippen molar-refractivity contribution < 1.29 is 4.79 Å². The van der Waals surface area contributed by atoms with Crippen molar-refractivity contribution in [3.8, 4) is 5.69 Å². The van der Waals surface area contributed by atoms with E-state index >= 15 is 0 Å². The Balaban J connectivity index is 1.64. The third kappa shape index (κ3) is 3.88. The van der Waals surface area contributed by atoms with Crippen LogP contribution in [0.1, 0.15) is 12.8 Å². The average molecular weight is 367 g/mol. The average Bonchev–Trinajstić information content (AvgIpc) is 3.41. The molecule has 0 unspecified atom stereocenters. The van der Waals surface area contributed by atoms with Gasteiger partial charge in [0.05, 0.1) is 17.6 Å². The molecule has 0 bridgehead atoms. The first-order valence-corrected chi connectivity index (χ1v) is 8.37. The normalized spacial score (nSPS) is 13.6. The number of anilines is 1. The molecular weight excluding hydrogens is 351 g/mol. The minimum absolute atomic E-state index is 0.0495. The quantitative estimate of drug-likeness (QED) is 0.770. The van der Waals surface area contributed by atoms with Gasteiger partial charge in [-0.3, -0.25) is 9.59 Å². The second-order valence-corrected chi connectivity index (χ2v) is 6.37. The number of carbonyl (C=O) groups excluding carboxylic acids is 1. The summed E-state index contributed by atoms with van der Waals surface area (Å²) in [5, 5.41) is 10.6. The lowest BCUT2D eigenvalue weighted by molar-refractivity contribution is -0.122. The van der Waals surface area contributed by atoms with Gasteiger partial charge in [-0.25, -0.2) is 0 Å². The third-order valence-corrected chi connectivity index (χ3v) is 4.30. The molecule has 1 aliphatic carbocycles. The maximum absolute atomic E-state index is 12.3. The number of nitrogens with zero attached hydrogens (tertiary/aromatic N) is 2. The van der Waals surface area contributed by atoms with Gasteiger partial charge in [0.25, 0.3) is 5.56 Å². The van der Waals surface area contributed by atoms with Crippen molar-refractivity contribution in [3.05, 3.63) is 50.9 Å². The Morgan fingerprint density at radius 1 is 1.21 bits per heavy atom. The highest BCUT2D eigenvalue weighted by Crippen LogP contribution is 2.28. The van der Waals surface area contributed by atoms with Crippen LogP contribution in [0, 0.1) is 5.92 Å². The van der Waals surface area contributed by atoms with E-state index in [1.807, 2.05) is 0 Å². The van der Waals surface area contributed by atoms with Crippen molar-refractivity contribution in [1.29, 1.82) is 0 Å². The smallest absolute Gasteiger partial charge is 0.292 e. The summed E-state index contributed by atoms with van der Waals surface area (Å²) < 4.78 is 1.21. The summed E-state index contributed by atoms with van der Waals surface area (Å²) in [6.07, 6.45) is 3.43. The molecule has 0 atom stereocenters. The molecule has 1 fully saturated rings. The van der Waals surface area contributed by atoms with Crippen LogP contribution in [-0.2, 0) is 4.79 Å². The lowest BCUT2D eigenvalue weighted by atomic mass is 10.3. The summed E-state index contributed by atoms with van der Waals surface area (Å²) in [5.74, 6) is 0.262. The van der Waals surface area contributed by atoms with E-state index in [9.17, 15) is 9.59 Å². The maximum Gasteiger partial charge on any atom is 0.292 e. The second kappa shape index (κ2) is 7.23. The number of benzene rings is 1. The molecule has 0 aliphatic heterocycles. The minimum atomic E-state index is -0.425. The maximum atomic E-state index is 12.3. The zero-order valence-electron chi connectivity index (χ0n) is 12.8. The van der Waals surface area contributed by atoms with E-state index in [4.69, 9.17) is 23.2 Å². The number of aromatic nitrogens is 2. The summed E-state index contributed by atoms with van der Waals surface area (Å²) in [7, 11) is 0. The Morgan fingerprint density at radius 2 is 1.92 bits per heavy atom. The lowest BCUT2D eigenvalue weighted by Gasteiger charge is -2.11. The second-order valence-electron chi connectivity index (χ2n) is 5.56. The van der Waals surface area contributed by atoms with E-state index in [-0.39, 0.29) is 16.8 Å². The summed E-state index contributed by atoms with van der Waals surface area (Å²) >= 11 is 12.0. The monoisotopic (exact) mass is 366 g/mol. The van der Waals surface area contributed by atoms with Gasteiger partial charge in [0, 0.05) is 24.0 Å². The molecule has 126 valence electrons. The van der Waals surface area contributed by atoms with Gasteiger partial charge in [-0.15, -0.1) is 0 Å². The summed E-state index contributed by atoms with van der Waals surface area (Å²) in [6.45, 7) is 0.927. The molecule has 6 nitrogen and oxygen atoms in total.